The van der Waals surface area contributed by atoms with Crippen molar-refractivity contribution in [3.63, 3.8) is 0 Å². The van der Waals surface area contributed by atoms with E-state index in [0.717, 1.165) is 14.7 Å². The van der Waals surface area contributed by atoms with Gasteiger partial charge in [-0.05, 0) is 77.9 Å². The van der Waals surface area contributed by atoms with Gasteiger partial charge in [0.25, 0.3) is 5.91 Å². The normalized spacial score (nSPS) is 10.3. The fraction of sp³-hybridized carbons (Fsp3) is 0.133. The highest BCUT2D eigenvalue weighted by Crippen LogP contribution is 2.27. The lowest BCUT2D eigenvalue weighted by Gasteiger charge is -2.11. The van der Waals surface area contributed by atoms with E-state index in [0.29, 0.717) is 16.3 Å². The molecule has 2 aromatic carbocycles. The fourth-order valence-corrected chi connectivity index (χ4v) is 2.59. The standard InChI is InChI=1S/C15H13ClINO/c1-9-7-10(2)14(13(16)8-9)18-15(19)11-3-5-12(17)6-4-11/h3-8H,1-2H3,(H,18,19). The van der Waals surface area contributed by atoms with Crippen molar-refractivity contribution < 1.29 is 4.79 Å². The highest BCUT2D eigenvalue weighted by Gasteiger charge is 2.11. The Kier molecular flexibility index (Phi) is 4.47. The van der Waals surface area contributed by atoms with Crippen molar-refractivity contribution in [2.24, 2.45) is 0 Å². The summed E-state index contributed by atoms with van der Waals surface area (Å²) in [5, 5.41) is 3.43. The molecule has 0 saturated heterocycles. The molecule has 0 aliphatic rings. The molecular weight excluding hydrogens is 373 g/mol. The molecule has 2 aromatic rings. The van der Waals surface area contributed by atoms with Gasteiger partial charge < -0.3 is 5.32 Å². The predicted octanol–water partition coefficient (Wildman–Crippen LogP) is 4.81. The number of halogens is 2. The second-order valence-electron chi connectivity index (χ2n) is 4.40. The highest BCUT2D eigenvalue weighted by atomic mass is 127. The maximum Gasteiger partial charge on any atom is 0.255 e. The van der Waals surface area contributed by atoms with E-state index in [1.807, 2.05) is 38.1 Å². The van der Waals surface area contributed by atoms with Gasteiger partial charge in [0.15, 0.2) is 0 Å². The summed E-state index contributed by atoms with van der Waals surface area (Å²) < 4.78 is 1.10. The van der Waals surface area contributed by atoms with Crippen molar-refractivity contribution in [1.29, 1.82) is 0 Å². The number of anilines is 1. The van der Waals surface area contributed by atoms with Crippen molar-refractivity contribution in [2.45, 2.75) is 13.8 Å². The van der Waals surface area contributed by atoms with Crippen LogP contribution in [0.4, 0.5) is 5.69 Å². The molecule has 2 nitrogen and oxygen atoms in total. The molecule has 0 spiro atoms. The number of amides is 1. The molecular formula is C15H13ClINO. The van der Waals surface area contributed by atoms with Gasteiger partial charge in [0.05, 0.1) is 10.7 Å². The summed E-state index contributed by atoms with van der Waals surface area (Å²) in [5.41, 5.74) is 3.34. The smallest absolute Gasteiger partial charge is 0.255 e. The summed E-state index contributed by atoms with van der Waals surface area (Å²) in [7, 11) is 0. The van der Waals surface area contributed by atoms with Crippen molar-refractivity contribution in [3.8, 4) is 0 Å². The van der Waals surface area contributed by atoms with Crippen molar-refractivity contribution >= 4 is 45.8 Å². The van der Waals surface area contributed by atoms with Crippen LogP contribution in [0.1, 0.15) is 21.5 Å². The van der Waals surface area contributed by atoms with Gasteiger partial charge in [-0.1, -0.05) is 17.7 Å². The van der Waals surface area contributed by atoms with Crippen LogP contribution >= 0.6 is 34.2 Å². The second kappa shape index (κ2) is 5.92. The van der Waals surface area contributed by atoms with Gasteiger partial charge in [-0.3, -0.25) is 4.79 Å². The zero-order valence-electron chi connectivity index (χ0n) is 10.6. The first-order chi connectivity index (χ1) is 8.97. The largest absolute Gasteiger partial charge is 0.320 e. The molecule has 1 N–H and O–H groups in total. The molecule has 0 fully saturated rings. The number of benzene rings is 2. The molecule has 0 bridgehead atoms. The lowest BCUT2D eigenvalue weighted by atomic mass is 10.1. The van der Waals surface area contributed by atoms with Crippen LogP contribution in [0.3, 0.4) is 0 Å². The lowest BCUT2D eigenvalue weighted by Crippen LogP contribution is -2.13. The summed E-state index contributed by atoms with van der Waals surface area (Å²) in [5.74, 6) is -0.148. The Labute approximate surface area is 131 Å². The zero-order chi connectivity index (χ0) is 14.0. The summed E-state index contributed by atoms with van der Waals surface area (Å²) in [4.78, 5) is 12.1. The van der Waals surface area contributed by atoms with Crippen molar-refractivity contribution in [1.82, 2.24) is 0 Å². The molecule has 0 aromatic heterocycles. The summed E-state index contributed by atoms with van der Waals surface area (Å²) in [6.07, 6.45) is 0. The van der Waals surface area contributed by atoms with Gasteiger partial charge in [0, 0.05) is 9.13 Å². The average Bonchev–Trinajstić information content (AvgIpc) is 2.34. The number of aryl methyl sites for hydroxylation is 2. The Morgan fingerprint density at radius 3 is 2.37 bits per heavy atom. The Morgan fingerprint density at radius 2 is 1.79 bits per heavy atom. The lowest BCUT2D eigenvalue weighted by molar-refractivity contribution is 0.102. The molecule has 19 heavy (non-hydrogen) atoms. The number of carbonyl (C=O) groups excluding carboxylic acids is 1. The predicted molar refractivity (Wildman–Crippen MR) is 88.0 cm³/mol. The van der Waals surface area contributed by atoms with E-state index in [-0.39, 0.29) is 5.91 Å². The first-order valence-corrected chi connectivity index (χ1v) is 7.26. The molecule has 0 aliphatic heterocycles. The number of rotatable bonds is 2. The third-order valence-corrected chi connectivity index (χ3v) is 3.79. The molecule has 0 saturated carbocycles. The molecule has 1 amide bonds. The number of hydrogen-bond acceptors (Lipinski definition) is 1. The van der Waals surface area contributed by atoms with E-state index in [4.69, 9.17) is 11.6 Å². The first kappa shape index (κ1) is 14.3. The topological polar surface area (TPSA) is 29.1 Å². The van der Waals surface area contributed by atoms with E-state index in [1.54, 1.807) is 12.1 Å². The minimum atomic E-state index is -0.148. The molecule has 0 heterocycles. The van der Waals surface area contributed by atoms with E-state index in [9.17, 15) is 4.79 Å². The number of hydrogen-bond donors (Lipinski definition) is 1. The van der Waals surface area contributed by atoms with Gasteiger partial charge in [-0.25, -0.2) is 0 Å². The fourth-order valence-electron chi connectivity index (χ4n) is 1.86. The molecule has 0 atom stereocenters. The maximum absolute atomic E-state index is 12.1. The second-order valence-corrected chi connectivity index (χ2v) is 6.05. The van der Waals surface area contributed by atoms with Crippen LogP contribution in [0.15, 0.2) is 36.4 Å². The molecule has 0 aliphatic carbocycles. The Bertz CT molecular complexity index is 600. The van der Waals surface area contributed by atoms with E-state index < -0.39 is 0 Å². The van der Waals surface area contributed by atoms with Gasteiger partial charge >= 0.3 is 0 Å². The van der Waals surface area contributed by atoms with Crippen LogP contribution < -0.4 is 5.32 Å². The SMILES string of the molecule is Cc1cc(C)c(NC(=O)c2ccc(I)cc2)c(Cl)c1. The number of carbonyl (C=O) groups is 1. The average molecular weight is 386 g/mol. The molecule has 98 valence electrons. The van der Waals surface area contributed by atoms with Gasteiger partial charge in [-0.2, -0.15) is 0 Å². The van der Waals surface area contributed by atoms with Crippen LogP contribution in [-0.4, -0.2) is 5.91 Å². The van der Waals surface area contributed by atoms with Crippen LogP contribution in [-0.2, 0) is 0 Å². The van der Waals surface area contributed by atoms with E-state index in [2.05, 4.69) is 27.9 Å². The quantitative estimate of drug-likeness (QED) is 0.738. The van der Waals surface area contributed by atoms with E-state index >= 15 is 0 Å². The van der Waals surface area contributed by atoms with Crippen LogP contribution in [0.5, 0.6) is 0 Å². The Morgan fingerprint density at radius 1 is 1.16 bits per heavy atom. The molecule has 4 heteroatoms. The number of nitrogens with one attached hydrogen (secondary N) is 1. The third-order valence-electron chi connectivity index (χ3n) is 2.78. The molecule has 0 unspecified atom stereocenters. The first-order valence-electron chi connectivity index (χ1n) is 5.81. The third kappa shape index (κ3) is 3.48. The minimum absolute atomic E-state index is 0.148. The van der Waals surface area contributed by atoms with Gasteiger partial charge in [0.1, 0.15) is 0 Å². The van der Waals surface area contributed by atoms with Crippen molar-refractivity contribution in [3.05, 3.63) is 61.7 Å². The Hall–Kier alpha value is -1.07. The van der Waals surface area contributed by atoms with Crippen molar-refractivity contribution in [2.75, 3.05) is 5.32 Å². The van der Waals surface area contributed by atoms with Crippen LogP contribution in [0.25, 0.3) is 0 Å². The van der Waals surface area contributed by atoms with Crippen LogP contribution in [0.2, 0.25) is 5.02 Å². The summed E-state index contributed by atoms with van der Waals surface area (Å²) >= 11 is 8.38. The highest BCUT2D eigenvalue weighted by molar-refractivity contribution is 14.1. The minimum Gasteiger partial charge on any atom is -0.320 e. The van der Waals surface area contributed by atoms with E-state index in [1.165, 1.54) is 0 Å². The summed E-state index contributed by atoms with van der Waals surface area (Å²) in [6.45, 7) is 3.91. The summed E-state index contributed by atoms with van der Waals surface area (Å²) in [6, 6.07) is 11.2. The zero-order valence-corrected chi connectivity index (χ0v) is 13.5. The Balaban J connectivity index is 2.26. The van der Waals surface area contributed by atoms with Crippen LogP contribution in [0, 0.1) is 17.4 Å². The van der Waals surface area contributed by atoms with Gasteiger partial charge in [0.2, 0.25) is 0 Å². The maximum atomic E-state index is 12.1. The molecule has 2 rings (SSSR count). The van der Waals surface area contributed by atoms with Gasteiger partial charge in [-0.15, -0.1) is 0 Å². The molecule has 0 radical (unpaired) electrons. The monoisotopic (exact) mass is 385 g/mol.